The molecule has 8 rings (SSSR count). The van der Waals surface area contributed by atoms with Crippen LogP contribution in [0.2, 0.25) is 0 Å². The fraction of sp³-hybridized carbons (Fsp3) is 0.233. The Morgan fingerprint density at radius 2 is 1.45 bits per heavy atom. The Bertz CT molecular complexity index is 2110. The molecule has 5 aromatic rings. The lowest BCUT2D eigenvalue weighted by Crippen LogP contribution is -2.55. The number of carbonyl (C=O) groups is 3. The first-order chi connectivity index (χ1) is 25.9. The number of aliphatic hydroxyl groups is 2. The zero-order chi connectivity index (χ0) is 36.5. The third kappa shape index (κ3) is 5.85. The van der Waals surface area contributed by atoms with E-state index in [0.29, 0.717) is 28.1 Å². The first kappa shape index (κ1) is 34.3. The molecule has 5 aromatic carbocycles. The highest BCUT2D eigenvalue weighted by molar-refractivity contribution is 6.12. The summed E-state index contributed by atoms with van der Waals surface area (Å²) in [7, 11) is 0. The van der Waals surface area contributed by atoms with Gasteiger partial charge in [-0.1, -0.05) is 121 Å². The van der Waals surface area contributed by atoms with Gasteiger partial charge in [-0.15, -0.1) is 0 Å². The van der Waals surface area contributed by atoms with Gasteiger partial charge in [0.25, 0.3) is 0 Å². The van der Waals surface area contributed by atoms with Crippen LogP contribution in [0, 0.1) is 5.92 Å². The minimum absolute atomic E-state index is 0.0543. The molecule has 10 nitrogen and oxygen atoms in total. The normalized spacial score (nSPS) is 25.2. The monoisotopic (exact) mass is 709 g/mol. The summed E-state index contributed by atoms with van der Waals surface area (Å²) in [6.45, 7) is -0.289. The summed E-state index contributed by atoms with van der Waals surface area (Å²) >= 11 is 0. The fourth-order valence-electron chi connectivity index (χ4n) is 8.59. The molecule has 0 aliphatic carbocycles. The Hall–Kier alpha value is -5.81. The standard InChI is InChI=1S/C43H39N3O7/c47-23-24-52-31-20-12-19-30(25-31)39-43(32-21-10-11-22-33(32)45-42(43)51)35(40(49)44-26-34(48)27-13-4-1-5-14-27)37-41(50)53-38(29-17-8-3-9-18-29)36(46(37)39)28-15-6-2-7-16-28/h1-22,25,34-39,47-48H,23-24,26H2,(H,44,49)(H,45,51). The molecule has 0 bridgehead atoms. The molecular weight excluding hydrogens is 670 g/mol. The van der Waals surface area contributed by atoms with Gasteiger partial charge in [-0.2, -0.15) is 0 Å². The van der Waals surface area contributed by atoms with Gasteiger partial charge in [-0.05, 0) is 46.0 Å². The molecule has 0 saturated carbocycles. The maximum Gasteiger partial charge on any atom is 0.324 e. The van der Waals surface area contributed by atoms with Crippen LogP contribution < -0.4 is 15.4 Å². The van der Waals surface area contributed by atoms with E-state index in [4.69, 9.17) is 9.47 Å². The van der Waals surface area contributed by atoms with Crippen molar-refractivity contribution in [3.63, 3.8) is 0 Å². The summed E-state index contributed by atoms with van der Waals surface area (Å²) in [4.78, 5) is 46.8. The van der Waals surface area contributed by atoms with E-state index in [-0.39, 0.29) is 19.8 Å². The van der Waals surface area contributed by atoms with Gasteiger partial charge in [-0.25, -0.2) is 0 Å². The number of hydrogen-bond acceptors (Lipinski definition) is 8. The number of rotatable bonds is 10. The van der Waals surface area contributed by atoms with Gasteiger partial charge in [0.15, 0.2) is 0 Å². The van der Waals surface area contributed by atoms with Crippen molar-refractivity contribution in [2.24, 2.45) is 5.92 Å². The van der Waals surface area contributed by atoms with Gasteiger partial charge in [0, 0.05) is 12.2 Å². The summed E-state index contributed by atoms with van der Waals surface area (Å²) in [5, 5.41) is 26.7. The van der Waals surface area contributed by atoms with Crippen LogP contribution in [0.1, 0.15) is 52.1 Å². The lowest BCUT2D eigenvalue weighted by molar-refractivity contribution is -0.178. The molecule has 7 unspecified atom stereocenters. The second kappa shape index (κ2) is 14.3. The number of anilines is 1. The zero-order valence-electron chi connectivity index (χ0n) is 28.7. The van der Waals surface area contributed by atoms with Gasteiger partial charge in [-0.3, -0.25) is 19.3 Å². The average Bonchev–Trinajstić information content (AvgIpc) is 3.69. The van der Waals surface area contributed by atoms with Crippen molar-refractivity contribution in [3.05, 3.63) is 167 Å². The fourth-order valence-corrected chi connectivity index (χ4v) is 8.59. The number of amides is 2. The number of cyclic esters (lactones) is 1. The summed E-state index contributed by atoms with van der Waals surface area (Å²) in [6, 6.07) is 39.9. The Labute approximate surface area is 307 Å². The van der Waals surface area contributed by atoms with Gasteiger partial charge >= 0.3 is 5.97 Å². The molecule has 2 amide bonds. The first-order valence-corrected chi connectivity index (χ1v) is 17.8. The Morgan fingerprint density at radius 1 is 0.811 bits per heavy atom. The molecule has 0 aromatic heterocycles. The van der Waals surface area contributed by atoms with Crippen molar-refractivity contribution in [1.82, 2.24) is 10.2 Å². The molecule has 10 heteroatoms. The van der Waals surface area contributed by atoms with Gasteiger partial charge in [0.1, 0.15) is 29.9 Å². The molecule has 2 fully saturated rings. The van der Waals surface area contributed by atoms with Crippen molar-refractivity contribution in [3.8, 4) is 5.75 Å². The van der Waals surface area contributed by atoms with E-state index in [1.807, 2.05) is 108 Å². The average molecular weight is 710 g/mol. The van der Waals surface area contributed by atoms with Gasteiger partial charge in [0.2, 0.25) is 11.8 Å². The zero-order valence-corrected chi connectivity index (χ0v) is 28.7. The second-order valence-corrected chi connectivity index (χ2v) is 13.6. The van der Waals surface area contributed by atoms with Gasteiger partial charge in [0.05, 0.1) is 30.7 Å². The molecular formula is C43H39N3O7. The minimum Gasteiger partial charge on any atom is -0.491 e. The molecule has 53 heavy (non-hydrogen) atoms. The molecule has 3 aliphatic rings. The number of fused-ring (bicyclic) bond motifs is 3. The Kier molecular flexibility index (Phi) is 9.26. The minimum atomic E-state index is -1.64. The highest BCUT2D eigenvalue weighted by Crippen LogP contribution is 2.64. The highest BCUT2D eigenvalue weighted by atomic mass is 16.6. The summed E-state index contributed by atoms with van der Waals surface area (Å²) < 4.78 is 12.3. The third-order valence-corrected chi connectivity index (χ3v) is 10.7. The Morgan fingerprint density at radius 3 is 2.17 bits per heavy atom. The molecule has 7 atom stereocenters. The van der Waals surface area contributed by atoms with Crippen molar-refractivity contribution in [2.75, 3.05) is 25.1 Å². The Balaban J connectivity index is 1.36. The molecule has 2 saturated heterocycles. The number of hydrogen-bond donors (Lipinski definition) is 4. The van der Waals surface area contributed by atoms with Crippen LogP contribution in [0.15, 0.2) is 140 Å². The number of morpholine rings is 1. The van der Waals surface area contributed by atoms with Gasteiger partial charge < -0.3 is 30.3 Å². The van der Waals surface area contributed by atoms with E-state index in [2.05, 4.69) is 10.6 Å². The van der Waals surface area contributed by atoms with E-state index >= 15 is 4.79 Å². The van der Waals surface area contributed by atoms with Crippen molar-refractivity contribution in [2.45, 2.75) is 35.7 Å². The number of ether oxygens (including phenoxy) is 2. The summed E-state index contributed by atoms with van der Waals surface area (Å²) in [6.07, 6.45) is -1.83. The van der Waals surface area contributed by atoms with Crippen LogP contribution in [-0.4, -0.2) is 58.7 Å². The van der Waals surface area contributed by atoms with Crippen LogP contribution >= 0.6 is 0 Å². The maximum absolute atomic E-state index is 15.0. The van der Waals surface area contributed by atoms with Crippen LogP contribution in [0.3, 0.4) is 0 Å². The van der Waals surface area contributed by atoms with E-state index < -0.39 is 59.5 Å². The number of nitrogens with one attached hydrogen (secondary N) is 2. The lowest BCUT2D eigenvalue weighted by Gasteiger charge is -2.46. The summed E-state index contributed by atoms with van der Waals surface area (Å²) in [5.41, 5.74) is 2.32. The number of aliphatic hydroxyl groups excluding tert-OH is 2. The number of esters is 1. The molecule has 3 aliphatic heterocycles. The maximum atomic E-state index is 15.0. The lowest BCUT2D eigenvalue weighted by atomic mass is 9.65. The largest absolute Gasteiger partial charge is 0.491 e. The number of nitrogens with zero attached hydrogens (tertiary/aromatic N) is 1. The molecule has 3 heterocycles. The molecule has 1 spiro atoms. The van der Waals surface area contributed by atoms with Crippen molar-refractivity contribution < 1.29 is 34.1 Å². The number of para-hydroxylation sites is 1. The number of carbonyl (C=O) groups excluding carboxylic acids is 3. The van der Waals surface area contributed by atoms with Crippen molar-refractivity contribution >= 4 is 23.5 Å². The van der Waals surface area contributed by atoms with E-state index in [1.165, 1.54) is 0 Å². The highest BCUT2D eigenvalue weighted by Gasteiger charge is 2.74. The van der Waals surface area contributed by atoms with Crippen LogP contribution in [0.4, 0.5) is 5.69 Å². The van der Waals surface area contributed by atoms with Crippen LogP contribution in [-0.2, 0) is 24.5 Å². The van der Waals surface area contributed by atoms with E-state index in [9.17, 15) is 19.8 Å². The van der Waals surface area contributed by atoms with E-state index in [1.54, 1.807) is 36.4 Å². The SMILES string of the molecule is O=C1OC(c2ccccc2)C(c2ccccc2)N2C1C(C(=O)NCC(O)c1ccccc1)C1(C(=O)Nc3ccccc31)C2c1cccc(OCCO)c1. The topological polar surface area (TPSA) is 137 Å². The first-order valence-electron chi connectivity index (χ1n) is 17.8. The predicted molar refractivity (Wildman–Crippen MR) is 196 cm³/mol. The van der Waals surface area contributed by atoms with Crippen molar-refractivity contribution in [1.29, 1.82) is 0 Å². The predicted octanol–water partition coefficient (Wildman–Crippen LogP) is 5.18. The second-order valence-electron chi connectivity index (χ2n) is 13.6. The molecule has 4 N–H and O–H groups in total. The molecule has 268 valence electrons. The van der Waals surface area contributed by atoms with Crippen LogP contribution in [0.25, 0.3) is 0 Å². The quantitative estimate of drug-likeness (QED) is 0.146. The van der Waals surface area contributed by atoms with Crippen LogP contribution in [0.5, 0.6) is 5.75 Å². The third-order valence-electron chi connectivity index (χ3n) is 10.7. The summed E-state index contributed by atoms with van der Waals surface area (Å²) in [5.74, 6) is -2.47. The van der Waals surface area contributed by atoms with E-state index in [0.717, 1.165) is 11.1 Å². The number of benzene rings is 5. The molecule has 0 radical (unpaired) electrons. The smallest absolute Gasteiger partial charge is 0.324 e.